The number of aryl methyl sites for hydroxylation is 1. The van der Waals surface area contributed by atoms with Crippen LogP contribution in [0.5, 0.6) is 5.88 Å². The van der Waals surface area contributed by atoms with Crippen molar-refractivity contribution in [1.82, 2.24) is 14.4 Å². The zero-order valence-electron chi connectivity index (χ0n) is 6.02. The lowest BCUT2D eigenvalue weighted by molar-refractivity contribution is 0.452. The third-order valence-electron chi connectivity index (χ3n) is 1.59. The van der Waals surface area contributed by atoms with Crippen molar-refractivity contribution >= 4 is 5.52 Å². The monoisotopic (exact) mass is 149 g/mol. The minimum absolute atomic E-state index is 0.0254. The SMILES string of the molecule is Cc1ncc2cc(O)ncn12. The van der Waals surface area contributed by atoms with Crippen molar-refractivity contribution < 1.29 is 5.11 Å². The molecule has 0 aliphatic carbocycles. The van der Waals surface area contributed by atoms with Crippen LogP contribution in [0.2, 0.25) is 0 Å². The van der Waals surface area contributed by atoms with Crippen LogP contribution in [0.4, 0.5) is 0 Å². The van der Waals surface area contributed by atoms with Crippen molar-refractivity contribution in [3.8, 4) is 5.88 Å². The fourth-order valence-electron chi connectivity index (χ4n) is 1.01. The van der Waals surface area contributed by atoms with Crippen molar-refractivity contribution in [2.24, 2.45) is 0 Å². The van der Waals surface area contributed by atoms with Crippen molar-refractivity contribution in [2.75, 3.05) is 0 Å². The lowest BCUT2D eigenvalue weighted by Gasteiger charge is -1.94. The Hall–Kier alpha value is -1.58. The maximum Gasteiger partial charge on any atom is 0.214 e. The van der Waals surface area contributed by atoms with E-state index >= 15 is 0 Å². The van der Waals surface area contributed by atoms with Gasteiger partial charge in [-0.25, -0.2) is 9.97 Å². The highest BCUT2D eigenvalue weighted by Gasteiger charge is 1.98. The van der Waals surface area contributed by atoms with Crippen molar-refractivity contribution in [2.45, 2.75) is 6.92 Å². The van der Waals surface area contributed by atoms with Gasteiger partial charge in [0.05, 0.1) is 11.7 Å². The van der Waals surface area contributed by atoms with Gasteiger partial charge in [0.2, 0.25) is 5.88 Å². The molecule has 0 aromatic carbocycles. The first-order valence-corrected chi connectivity index (χ1v) is 3.26. The van der Waals surface area contributed by atoms with Crippen LogP contribution in [0.1, 0.15) is 5.82 Å². The van der Waals surface area contributed by atoms with Crippen LogP contribution in [-0.2, 0) is 0 Å². The molecule has 2 rings (SSSR count). The van der Waals surface area contributed by atoms with Gasteiger partial charge in [-0.3, -0.25) is 4.40 Å². The summed E-state index contributed by atoms with van der Waals surface area (Å²) in [7, 11) is 0. The molecule has 4 nitrogen and oxygen atoms in total. The largest absolute Gasteiger partial charge is 0.493 e. The molecule has 2 aromatic rings. The van der Waals surface area contributed by atoms with Gasteiger partial charge in [0.1, 0.15) is 12.2 Å². The van der Waals surface area contributed by atoms with Crippen LogP contribution < -0.4 is 0 Å². The van der Waals surface area contributed by atoms with Gasteiger partial charge in [-0.1, -0.05) is 0 Å². The van der Waals surface area contributed by atoms with Gasteiger partial charge in [0.25, 0.3) is 0 Å². The summed E-state index contributed by atoms with van der Waals surface area (Å²) in [6.45, 7) is 1.88. The number of hydrogen-bond acceptors (Lipinski definition) is 3. The van der Waals surface area contributed by atoms with Gasteiger partial charge in [-0.2, -0.15) is 0 Å². The molecule has 0 atom stereocenters. The third-order valence-corrected chi connectivity index (χ3v) is 1.59. The van der Waals surface area contributed by atoms with Gasteiger partial charge < -0.3 is 5.11 Å². The molecule has 56 valence electrons. The lowest BCUT2D eigenvalue weighted by Crippen LogP contribution is -1.88. The van der Waals surface area contributed by atoms with E-state index in [1.165, 1.54) is 0 Å². The second-order valence-corrected chi connectivity index (χ2v) is 2.35. The number of nitrogens with zero attached hydrogens (tertiary/aromatic N) is 3. The molecule has 0 unspecified atom stereocenters. The highest BCUT2D eigenvalue weighted by atomic mass is 16.3. The molecular weight excluding hydrogens is 142 g/mol. The Balaban J connectivity index is 2.86. The Morgan fingerprint density at radius 2 is 2.27 bits per heavy atom. The summed E-state index contributed by atoms with van der Waals surface area (Å²) in [5.74, 6) is 0.893. The van der Waals surface area contributed by atoms with Gasteiger partial charge in [-0.15, -0.1) is 0 Å². The maximum absolute atomic E-state index is 8.99. The van der Waals surface area contributed by atoms with E-state index in [2.05, 4.69) is 9.97 Å². The maximum atomic E-state index is 8.99. The van der Waals surface area contributed by atoms with E-state index in [4.69, 9.17) is 5.11 Å². The zero-order valence-corrected chi connectivity index (χ0v) is 6.02. The Morgan fingerprint density at radius 3 is 3.09 bits per heavy atom. The Labute approximate surface area is 63.1 Å². The minimum atomic E-state index is 0.0254. The average molecular weight is 149 g/mol. The molecule has 2 aromatic heterocycles. The normalized spacial score (nSPS) is 10.6. The van der Waals surface area contributed by atoms with E-state index in [9.17, 15) is 0 Å². The Kier molecular flexibility index (Phi) is 1.09. The molecule has 2 heterocycles. The van der Waals surface area contributed by atoms with E-state index in [0.29, 0.717) is 0 Å². The van der Waals surface area contributed by atoms with Crippen LogP contribution in [0.25, 0.3) is 5.52 Å². The molecule has 0 fully saturated rings. The quantitative estimate of drug-likeness (QED) is 0.601. The minimum Gasteiger partial charge on any atom is -0.493 e. The number of imidazole rings is 1. The molecule has 0 saturated carbocycles. The van der Waals surface area contributed by atoms with Crippen molar-refractivity contribution in [1.29, 1.82) is 0 Å². The predicted octanol–water partition coefficient (Wildman–Crippen LogP) is 0.743. The molecular formula is C7H7N3O. The molecule has 1 N–H and O–H groups in total. The van der Waals surface area contributed by atoms with E-state index < -0.39 is 0 Å². The van der Waals surface area contributed by atoms with Crippen molar-refractivity contribution in [3.05, 3.63) is 24.4 Å². The molecule has 4 heteroatoms. The zero-order chi connectivity index (χ0) is 7.84. The highest BCUT2D eigenvalue weighted by molar-refractivity contribution is 5.47. The standard InChI is InChI=1S/C7H7N3O/c1-5-8-3-6-2-7(11)9-4-10(5)6/h2-4,11H,1H3. The van der Waals surface area contributed by atoms with Gasteiger partial charge in [0.15, 0.2) is 0 Å². The molecule has 0 amide bonds. The van der Waals surface area contributed by atoms with E-state index in [1.54, 1.807) is 23.0 Å². The molecule has 0 aliphatic rings. The van der Waals surface area contributed by atoms with Crippen molar-refractivity contribution in [3.63, 3.8) is 0 Å². The average Bonchev–Trinajstić information content (AvgIpc) is 2.32. The number of rotatable bonds is 0. The summed E-state index contributed by atoms with van der Waals surface area (Å²) in [6, 6.07) is 1.57. The summed E-state index contributed by atoms with van der Waals surface area (Å²) in [5, 5.41) is 8.99. The topological polar surface area (TPSA) is 50.4 Å². The number of aromatic hydroxyl groups is 1. The number of hydrogen-bond donors (Lipinski definition) is 1. The lowest BCUT2D eigenvalue weighted by atomic mass is 10.5. The van der Waals surface area contributed by atoms with Crippen LogP contribution in [0.15, 0.2) is 18.6 Å². The van der Waals surface area contributed by atoms with E-state index in [0.717, 1.165) is 11.3 Å². The van der Waals surface area contributed by atoms with Crippen LogP contribution in [-0.4, -0.2) is 19.5 Å². The van der Waals surface area contributed by atoms with Gasteiger partial charge >= 0.3 is 0 Å². The fraction of sp³-hybridized carbons (Fsp3) is 0.143. The summed E-state index contributed by atoms with van der Waals surface area (Å²) in [5.41, 5.74) is 0.856. The second kappa shape index (κ2) is 1.95. The van der Waals surface area contributed by atoms with Crippen LogP contribution in [0, 0.1) is 6.92 Å². The summed E-state index contributed by atoms with van der Waals surface area (Å²) >= 11 is 0. The molecule has 0 radical (unpaired) electrons. The Morgan fingerprint density at radius 1 is 1.45 bits per heavy atom. The molecule has 0 spiro atoms. The van der Waals surface area contributed by atoms with Crippen LogP contribution in [0.3, 0.4) is 0 Å². The number of aromatic nitrogens is 3. The molecule has 0 saturated heterocycles. The van der Waals surface area contributed by atoms with E-state index in [-0.39, 0.29) is 5.88 Å². The first kappa shape index (κ1) is 6.15. The highest BCUT2D eigenvalue weighted by Crippen LogP contribution is 2.09. The third kappa shape index (κ3) is 0.832. The summed E-state index contributed by atoms with van der Waals surface area (Å²) in [6.07, 6.45) is 3.24. The Bertz CT molecular complexity index is 393. The molecule has 0 bridgehead atoms. The van der Waals surface area contributed by atoms with Gasteiger partial charge in [0, 0.05) is 6.07 Å². The smallest absolute Gasteiger partial charge is 0.214 e. The summed E-state index contributed by atoms with van der Waals surface area (Å²) in [4.78, 5) is 7.77. The van der Waals surface area contributed by atoms with Gasteiger partial charge in [-0.05, 0) is 6.92 Å². The molecule has 11 heavy (non-hydrogen) atoms. The number of fused-ring (bicyclic) bond motifs is 1. The van der Waals surface area contributed by atoms with Crippen LogP contribution >= 0.6 is 0 Å². The summed E-state index contributed by atoms with van der Waals surface area (Å²) < 4.78 is 1.81. The predicted molar refractivity (Wildman–Crippen MR) is 39.4 cm³/mol. The molecule has 0 aliphatic heterocycles. The first-order chi connectivity index (χ1) is 5.27. The first-order valence-electron chi connectivity index (χ1n) is 3.26. The fourth-order valence-corrected chi connectivity index (χ4v) is 1.01. The van der Waals surface area contributed by atoms with E-state index in [1.807, 2.05) is 6.92 Å². The second-order valence-electron chi connectivity index (χ2n) is 2.35.